The quantitative estimate of drug-likeness (QED) is 0.0277. The first kappa shape index (κ1) is 96.1. The van der Waals surface area contributed by atoms with Gasteiger partial charge in [-0.05, 0) is 81.7 Å². The Kier molecular flexibility index (Phi) is 45.7. The van der Waals surface area contributed by atoms with E-state index in [0.717, 1.165) is 41.9 Å². The van der Waals surface area contributed by atoms with Gasteiger partial charge in [0.2, 0.25) is 17.3 Å². The van der Waals surface area contributed by atoms with Gasteiger partial charge in [0.15, 0.2) is 12.7 Å². The highest BCUT2D eigenvalue weighted by Gasteiger charge is 2.36. The van der Waals surface area contributed by atoms with Crippen molar-refractivity contribution in [2.75, 3.05) is 144 Å². The minimum absolute atomic E-state index is 0.0186. The van der Waals surface area contributed by atoms with E-state index in [1.165, 1.54) is 11.8 Å². The number of ketones is 4. The van der Waals surface area contributed by atoms with Crippen LogP contribution in [0.5, 0.6) is 0 Å². The Morgan fingerprint density at radius 3 is 1.38 bits per heavy atom. The van der Waals surface area contributed by atoms with Crippen molar-refractivity contribution in [1.29, 1.82) is 0 Å². The van der Waals surface area contributed by atoms with Gasteiger partial charge in [0.1, 0.15) is 41.3 Å². The molecule has 10 N–H and O–H groups in total. The van der Waals surface area contributed by atoms with E-state index in [9.17, 15) is 108 Å². The molecule has 4 unspecified atom stereocenters. The molecule has 113 heavy (non-hydrogen) atoms. The molecular weight excluding hydrogens is 1500 g/mol. The molecule has 35 nitrogen and oxygen atoms in total. The number of para-hydroxylation sites is 2. The lowest BCUT2D eigenvalue weighted by molar-refractivity contribution is -0.670. The minimum Gasteiger partial charge on any atom is -0.480 e. The molecule has 0 spiro atoms. The van der Waals surface area contributed by atoms with Gasteiger partial charge in [-0.15, -0.1) is 0 Å². The summed E-state index contributed by atoms with van der Waals surface area (Å²) in [5.74, 6) is -12.9. The second-order valence-electron chi connectivity index (χ2n) is 27.5. The van der Waals surface area contributed by atoms with Crippen molar-refractivity contribution >= 4 is 117 Å². The summed E-state index contributed by atoms with van der Waals surface area (Å²) >= 11 is 1.72. The average molecular weight is 1610 g/mol. The van der Waals surface area contributed by atoms with Gasteiger partial charge in [-0.1, -0.05) is 61.7 Å². The Labute approximate surface area is 659 Å². The van der Waals surface area contributed by atoms with Crippen LogP contribution in [-0.4, -0.2) is 295 Å². The van der Waals surface area contributed by atoms with Gasteiger partial charge in [-0.3, -0.25) is 81.8 Å². The van der Waals surface area contributed by atoms with Crippen molar-refractivity contribution in [1.82, 2.24) is 25.3 Å². The molecular formula is C77H110N7O28S+. The van der Waals surface area contributed by atoms with E-state index in [0.29, 0.717) is 38.6 Å². The van der Waals surface area contributed by atoms with Crippen LogP contribution < -0.4 is 20.1 Å². The van der Waals surface area contributed by atoms with Crippen LogP contribution in [0.1, 0.15) is 134 Å². The number of unbranched alkanes of at least 4 members (excludes halogenated alkanes) is 5. The third-order valence-corrected chi connectivity index (χ3v) is 19.3. The van der Waals surface area contributed by atoms with Crippen molar-refractivity contribution in [3.63, 3.8) is 0 Å². The summed E-state index contributed by atoms with van der Waals surface area (Å²) in [5, 5.41) is 83.5. The first-order valence-corrected chi connectivity index (χ1v) is 38.5. The number of hydrogen-bond donors (Lipinski definition) is 10. The molecule has 3 aromatic rings. The summed E-state index contributed by atoms with van der Waals surface area (Å²) < 4.78 is 37.4. The molecule has 0 radical (unpaired) electrons. The second kappa shape index (κ2) is 53.7. The number of nitrogens with zero attached hydrogens (tertiary/aromatic N) is 5. The van der Waals surface area contributed by atoms with E-state index in [1.807, 2.05) is 36.5 Å². The average Bonchev–Trinajstić information content (AvgIpc) is 1.76. The molecule has 0 bridgehead atoms. The number of anilines is 1. The third-order valence-electron chi connectivity index (χ3n) is 18.1. The van der Waals surface area contributed by atoms with E-state index in [1.54, 1.807) is 11.8 Å². The van der Waals surface area contributed by atoms with E-state index in [2.05, 4.69) is 57.5 Å². The first-order chi connectivity index (χ1) is 54.0. The van der Waals surface area contributed by atoms with Gasteiger partial charge < -0.3 is 84.8 Å². The topological polar surface area (TPSA) is 497 Å². The van der Waals surface area contributed by atoms with Crippen LogP contribution in [0.2, 0.25) is 0 Å². The lowest BCUT2D eigenvalue weighted by Crippen LogP contribution is -2.46. The fourth-order valence-corrected chi connectivity index (χ4v) is 13.7. The molecule has 2 aromatic carbocycles. The number of ether oxygens (including phenoxy) is 6. The van der Waals surface area contributed by atoms with Crippen LogP contribution in [0.25, 0.3) is 17.0 Å². The summed E-state index contributed by atoms with van der Waals surface area (Å²) in [6.07, 6.45) is 5.88. The molecule has 36 heteroatoms. The van der Waals surface area contributed by atoms with E-state index < -0.39 is 116 Å². The Morgan fingerprint density at radius 1 is 0.460 bits per heavy atom. The van der Waals surface area contributed by atoms with Crippen molar-refractivity contribution in [2.45, 2.75) is 158 Å². The number of amides is 2. The molecule has 1 aromatic heterocycles. The van der Waals surface area contributed by atoms with E-state index in [-0.39, 0.29) is 212 Å². The number of carboxylic acids is 8. The maximum Gasteiger partial charge on any atom is 0.320 e. The number of carbonyl (C=O) groups excluding carboxylic acids is 6. The SMILES string of the molecule is CC(=O)CN(CC(=O)O)C(CCCCCC(=O)CCOCC(COCCC(=O)CCCCCC(C(=O)O)N(CC(=O)O)CC(=O)O)(COCCC(=O)NCCCCC(C(=O)O)N(CC(=O)O)CC(=O)O)CC(=O)CCOCCOCCOCCNC(=O)CC[n+]1ccc(/C=C2\Sc3ccccc3N2C)c2ccccc21)C(=O)O. The van der Waals surface area contributed by atoms with E-state index >= 15 is 0 Å². The number of carboxylic acid groups (broad SMARTS) is 8. The fourth-order valence-electron chi connectivity index (χ4n) is 12.6. The van der Waals surface area contributed by atoms with Crippen LogP contribution >= 0.6 is 11.8 Å². The standard InChI is InChI=1S/C77H109N7O28S/c1-54(85)45-82(46-69(91)92)62(74(101)102)20-7-3-5-15-56(86)26-35-110-51-77(52-111-36-27-57(87)16-6-4-8-21-63(75(103)104)83(47-70(93)94)48-71(95)96,53-112-37-29-67(90)78-30-14-13-22-64(76(105)106)84(49-72(97)98)50-73(99)100)44-58(88)28-34-107-39-41-109-42-40-108-38-31-79-66(89)25-33-81-32-24-55(59-17-9-10-18-60(59)81)43-68-80(2)61-19-11-12-23-65(61)113-68/h9-12,17-19,23-24,32,43,62-64H,3-8,13-16,20-22,25-31,33-42,44-53H2,1-2H3,(H9-,78,79,89,90,91,92,93,94,95,96,97,98,99,100,101,102,103,104,105,106)/p+1. The summed E-state index contributed by atoms with van der Waals surface area (Å²) in [7, 11) is 2.05. The Balaban J connectivity index is 1.34. The summed E-state index contributed by atoms with van der Waals surface area (Å²) in [4.78, 5) is 177. The number of fused-ring (bicyclic) bond motifs is 2. The number of Topliss-reactive ketones (excluding diaryl/α,β-unsaturated/α-hetero) is 4. The molecule has 0 saturated carbocycles. The van der Waals surface area contributed by atoms with Crippen molar-refractivity contribution in [3.8, 4) is 0 Å². The monoisotopic (exact) mass is 1610 g/mol. The molecule has 1 aliphatic rings. The molecule has 0 saturated heterocycles. The van der Waals surface area contributed by atoms with Crippen molar-refractivity contribution in [3.05, 3.63) is 71.4 Å². The number of aliphatic carboxylic acids is 8. The van der Waals surface area contributed by atoms with Crippen LogP contribution in [0.4, 0.5) is 5.69 Å². The summed E-state index contributed by atoms with van der Waals surface area (Å²) in [5.41, 5.74) is 1.90. The summed E-state index contributed by atoms with van der Waals surface area (Å²) in [6, 6.07) is 14.3. The number of benzene rings is 2. The van der Waals surface area contributed by atoms with Crippen LogP contribution in [0, 0.1) is 5.41 Å². The van der Waals surface area contributed by atoms with Crippen molar-refractivity contribution in [2.24, 2.45) is 5.41 Å². The van der Waals surface area contributed by atoms with Gasteiger partial charge in [-0.25, -0.2) is 0 Å². The van der Waals surface area contributed by atoms with Crippen LogP contribution in [0.3, 0.4) is 0 Å². The maximum atomic E-state index is 14.0. The normalized spacial score (nSPS) is 13.7. The molecule has 0 aliphatic carbocycles. The summed E-state index contributed by atoms with van der Waals surface area (Å²) in [6.45, 7) is -2.71. The number of thioether (sulfide) groups is 1. The number of aromatic nitrogens is 1. The largest absolute Gasteiger partial charge is 0.480 e. The van der Waals surface area contributed by atoms with Crippen molar-refractivity contribution < 1.29 is 141 Å². The number of carbonyl (C=O) groups is 14. The Hall–Kier alpha value is -9.24. The Bertz CT molecular complexity index is 3400. The number of hydrogen-bond acceptors (Lipinski definition) is 25. The van der Waals surface area contributed by atoms with Crippen LogP contribution in [-0.2, 0) is 102 Å². The first-order valence-electron chi connectivity index (χ1n) is 37.6. The number of nitrogens with one attached hydrogen (secondary N) is 2. The lowest BCUT2D eigenvalue weighted by atomic mass is 9.84. The van der Waals surface area contributed by atoms with E-state index in [4.69, 9.17) is 28.4 Å². The van der Waals surface area contributed by atoms with Gasteiger partial charge in [0.05, 0.1) is 141 Å². The number of aryl methyl sites for hydroxylation is 1. The zero-order valence-corrected chi connectivity index (χ0v) is 65.1. The maximum absolute atomic E-state index is 14.0. The zero-order valence-electron chi connectivity index (χ0n) is 64.3. The highest BCUT2D eigenvalue weighted by molar-refractivity contribution is 8.03. The van der Waals surface area contributed by atoms with Gasteiger partial charge in [-0.2, -0.15) is 4.57 Å². The molecule has 4 rings (SSSR count). The van der Waals surface area contributed by atoms with Gasteiger partial charge in [0, 0.05) is 87.5 Å². The number of rotatable bonds is 68. The Morgan fingerprint density at radius 2 is 0.885 bits per heavy atom. The van der Waals surface area contributed by atoms with Gasteiger partial charge in [0.25, 0.3) is 0 Å². The van der Waals surface area contributed by atoms with Gasteiger partial charge >= 0.3 is 47.8 Å². The number of pyridine rings is 1. The molecule has 1 aliphatic heterocycles. The molecule has 0 fully saturated rings. The highest BCUT2D eigenvalue weighted by Crippen LogP contribution is 2.45. The molecule has 2 heterocycles. The third kappa shape index (κ3) is 39.4. The molecule has 2 amide bonds. The lowest BCUT2D eigenvalue weighted by Gasteiger charge is -2.33. The molecule has 4 atom stereocenters. The van der Waals surface area contributed by atoms with Crippen LogP contribution in [0.15, 0.2) is 70.7 Å². The highest BCUT2D eigenvalue weighted by atomic mass is 32.2. The predicted octanol–water partition coefficient (Wildman–Crippen LogP) is 4.38. The minimum atomic E-state index is -1.43. The smallest absolute Gasteiger partial charge is 0.320 e. The molecule has 626 valence electrons. The second-order valence-corrected chi connectivity index (χ2v) is 28.5. The predicted molar refractivity (Wildman–Crippen MR) is 407 cm³/mol. The fraction of sp³-hybridized carbons (Fsp3) is 0.597. The zero-order chi connectivity index (χ0) is 83.1.